The van der Waals surface area contributed by atoms with Crippen molar-refractivity contribution in [2.24, 2.45) is 5.73 Å². The summed E-state index contributed by atoms with van der Waals surface area (Å²) in [7, 11) is 1.35. The molecule has 0 saturated heterocycles. The van der Waals surface area contributed by atoms with E-state index in [0.29, 0.717) is 0 Å². The molecule has 1 aromatic rings. The number of hydrogen-bond donors (Lipinski definition) is 7. The van der Waals surface area contributed by atoms with Crippen molar-refractivity contribution in [1.82, 2.24) is 5.32 Å². The van der Waals surface area contributed by atoms with Crippen LogP contribution in [-0.2, 0) is 4.79 Å². The van der Waals surface area contributed by atoms with Gasteiger partial charge in [0.1, 0.15) is 6.04 Å². The zero-order valence-corrected chi connectivity index (χ0v) is 9.45. The molecule has 0 aliphatic carbocycles. The van der Waals surface area contributed by atoms with Gasteiger partial charge in [0.05, 0.1) is 11.6 Å². The van der Waals surface area contributed by atoms with Gasteiger partial charge in [-0.3, -0.25) is 4.79 Å². The van der Waals surface area contributed by atoms with Crippen molar-refractivity contribution in [2.75, 3.05) is 7.05 Å². The highest BCUT2D eigenvalue weighted by Crippen LogP contribution is 2.45. The first-order chi connectivity index (χ1) is 8.31. The SMILES string of the molecule is CNC(c1c(O)c(O)cc(O)c1O)C(N)C(=O)O. The van der Waals surface area contributed by atoms with Gasteiger partial charge in [0, 0.05) is 6.07 Å². The molecule has 100 valence electrons. The zero-order chi connectivity index (χ0) is 14.0. The highest BCUT2D eigenvalue weighted by Gasteiger charge is 2.31. The molecule has 8 nitrogen and oxygen atoms in total. The van der Waals surface area contributed by atoms with E-state index >= 15 is 0 Å². The van der Waals surface area contributed by atoms with Crippen LogP contribution in [0.3, 0.4) is 0 Å². The predicted molar refractivity (Wildman–Crippen MR) is 60.5 cm³/mol. The van der Waals surface area contributed by atoms with E-state index in [1.165, 1.54) is 7.05 Å². The topological polar surface area (TPSA) is 156 Å². The monoisotopic (exact) mass is 258 g/mol. The number of aromatic hydroxyl groups is 4. The molecule has 0 spiro atoms. The lowest BCUT2D eigenvalue weighted by molar-refractivity contribution is -0.139. The van der Waals surface area contributed by atoms with Crippen LogP contribution >= 0.6 is 0 Å². The number of carbonyl (C=O) groups is 1. The Morgan fingerprint density at radius 2 is 1.67 bits per heavy atom. The number of phenols is 4. The van der Waals surface area contributed by atoms with Gasteiger partial charge < -0.3 is 36.6 Å². The van der Waals surface area contributed by atoms with Crippen LogP contribution in [0.15, 0.2) is 6.07 Å². The summed E-state index contributed by atoms with van der Waals surface area (Å²) in [5, 5.41) is 49.2. The van der Waals surface area contributed by atoms with Crippen molar-refractivity contribution in [3.63, 3.8) is 0 Å². The zero-order valence-electron chi connectivity index (χ0n) is 9.45. The number of nitrogens with one attached hydrogen (secondary N) is 1. The van der Waals surface area contributed by atoms with Crippen LogP contribution in [0.2, 0.25) is 0 Å². The molecule has 8 heteroatoms. The van der Waals surface area contributed by atoms with Gasteiger partial charge in [-0.2, -0.15) is 0 Å². The van der Waals surface area contributed by atoms with Gasteiger partial charge in [0.15, 0.2) is 23.0 Å². The van der Waals surface area contributed by atoms with Gasteiger partial charge >= 0.3 is 5.97 Å². The van der Waals surface area contributed by atoms with E-state index in [1.54, 1.807) is 0 Å². The Kier molecular flexibility index (Phi) is 3.84. The van der Waals surface area contributed by atoms with Crippen molar-refractivity contribution in [3.8, 4) is 23.0 Å². The highest BCUT2D eigenvalue weighted by molar-refractivity contribution is 5.76. The number of carboxylic acid groups (broad SMARTS) is 1. The third-order valence-corrected chi connectivity index (χ3v) is 2.54. The molecule has 2 atom stereocenters. The summed E-state index contributed by atoms with van der Waals surface area (Å²) >= 11 is 0. The van der Waals surface area contributed by atoms with Crippen LogP contribution in [-0.4, -0.2) is 44.6 Å². The Labute approximate surface area is 102 Å². The minimum Gasteiger partial charge on any atom is -0.504 e. The second-order valence-corrected chi connectivity index (χ2v) is 3.66. The Bertz CT molecular complexity index is 450. The largest absolute Gasteiger partial charge is 0.504 e. The molecule has 0 saturated carbocycles. The van der Waals surface area contributed by atoms with E-state index in [9.17, 15) is 25.2 Å². The Morgan fingerprint density at radius 1 is 1.22 bits per heavy atom. The number of carboxylic acids is 1. The maximum absolute atomic E-state index is 10.8. The maximum Gasteiger partial charge on any atom is 0.322 e. The van der Waals surface area contributed by atoms with E-state index in [0.717, 1.165) is 6.07 Å². The average molecular weight is 258 g/mol. The molecule has 0 fully saturated rings. The van der Waals surface area contributed by atoms with E-state index in [-0.39, 0.29) is 5.56 Å². The number of hydrogen-bond acceptors (Lipinski definition) is 7. The maximum atomic E-state index is 10.8. The molecule has 0 aromatic heterocycles. The molecule has 0 heterocycles. The number of benzene rings is 1. The minimum atomic E-state index is -1.49. The predicted octanol–water partition coefficient (Wildman–Crippen LogP) is -0.819. The fourth-order valence-corrected chi connectivity index (χ4v) is 1.59. The molecule has 0 radical (unpaired) electrons. The van der Waals surface area contributed by atoms with Crippen LogP contribution < -0.4 is 11.1 Å². The number of likely N-dealkylation sites (N-methyl/N-ethyl adjacent to an activating group) is 1. The molecular weight excluding hydrogens is 244 g/mol. The summed E-state index contributed by atoms with van der Waals surface area (Å²) in [5.74, 6) is -4.27. The third-order valence-electron chi connectivity index (χ3n) is 2.54. The van der Waals surface area contributed by atoms with Crippen molar-refractivity contribution in [2.45, 2.75) is 12.1 Å². The van der Waals surface area contributed by atoms with Crippen molar-refractivity contribution in [3.05, 3.63) is 11.6 Å². The minimum absolute atomic E-state index is 0.384. The number of rotatable bonds is 4. The van der Waals surface area contributed by atoms with E-state index < -0.39 is 41.1 Å². The van der Waals surface area contributed by atoms with Gasteiger partial charge in [0.25, 0.3) is 0 Å². The fourth-order valence-electron chi connectivity index (χ4n) is 1.59. The van der Waals surface area contributed by atoms with Crippen LogP contribution in [0.1, 0.15) is 11.6 Å². The molecule has 0 aliphatic rings. The molecule has 0 aliphatic heterocycles. The number of aliphatic carboxylic acids is 1. The van der Waals surface area contributed by atoms with Crippen molar-refractivity contribution in [1.29, 1.82) is 0 Å². The van der Waals surface area contributed by atoms with E-state index in [2.05, 4.69) is 5.32 Å². The average Bonchev–Trinajstić information content (AvgIpc) is 2.31. The first-order valence-electron chi connectivity index (χ1n) is 4.93. The fraction of sp³-hybridized carbons (Fsp3) is 0.300. The molecule has 0 amide bonds. The lowest BCUT2D eigenvalue weighted by atomic mass is 9.97. The molecule has 1 rings (SSSR count). The Morgan fingerprint density at radius 3 is 2.00 bits per heavy atom. The number of phenolic OH excluding ortho intramolecular Hbond substituents is 4. The van der Waals surface area contributed by atoms with Crippen LogP contribution in [0.5, 0.6) is 23.0 Å². The first kappa shape index (κ1) is 13.9. The van der Waals surface area contributed by atoms with Crippen LogP contribution in [0, 0.1) is 0 Å². The molecule has 0 bridgehead atoms. The molecule has 18 heavy (non-hydrogen) atoms. The summed E-state index contributed by atoms with van der Waals surface area (Å²) in [6, 6.07) is -1.96. The van der Waals surface area contributed by atoms with Crippen molar-refractivity contribution >= 4 is 5.97 Å². The Balaban J connectivity index is 3.42. The van der Waals surface area contributed by atoms with Crippen LogP contribution in [0.4, 0.5) is 0 Å². The molecule has 1 aromatic carbocycles. The van der Waals surface area contributed by atoms with Gasteiger partial charge in [-0.15, -0.1) is 0 Å². The highest BCUT2D eigenvalue weighted by atomic mass is 16.4. The van der Waals surface area contributed by atoms with Gasteiger partial charge in [0.2, 0.25) is 0 Å². The summed E-state index contributed by atoms with van der Waals surface area (Å²) in [4.78, 5) is 10.8. The summed E-state index contributed by atoms with van der Waals surface area (Å²) < 4.78 is 0. The van der Waals surface area contributed by atoms with Gasteiger partial charge in [-0.25, -0.2) is 0 Å². The second kappa shape index (κ2) is 4.98. The Hall–Kier alpha value is -2.19. The molecule has 8 N–H and O–H groups in total. The molecular formula is C10H14N2O6. The number of nitrogens with two attached hydrogens (primary N) is 1. The van der Waals surface area contributed by atoms with E-state index in [4.69, 9.17) is 10.8 Å². The van der Waals surface area contributed by atoms with Gasteiger partial charge in [-0.05, 0) is 7.05 Å². The summed E-state index contributed by atoms with van der Waals surface area (Å²) in [5.41, 5.74) is 5.01. The third kappa shape index (κ3) is 2.24. The first-order valence-corrected chi connectivity index (χ1v) is 4.93. The molecule has 2 unspecified atom stereocenters. The summed E-state index contributed by atoms with van der Waals surface area (Å²) in [6.45, 7) is 0. The normalized spacial score (nSPS) is 14.1. The van der Waals surface area contributed by atoms with Gasteiger partial charge in [-0.1, -0.05) is 0 Å². The lowest BCUT2D eigenvalue weighted by Gasteiger charge is -2.23. The second-order valence-electron chi connectivity index (χ2n) is 3.66. The van der Waals surface area contributed by atoms with Crippen molar-refractivity contribution < 1.29 is 30.3 Å². The van der Waals surface area contributed by atoms with Crippen LogP contribution in [0.25, 0.3) is 0 Å². The van der Waals surface area contributed by atoms with E-state index in [1.807, 2.05) is 0 Å². The quantitative estimate of drug-likeness (QED) is 0.273. The smallest absolute Gasteiger partial charge is 0.322 e. The summed E-state index contributed by atoms with van der Waals surface area (Å²) in [6.07, 6.45) is 0. The standard InChI is InChI=1S/C10H14N2O6/c1-12-7(6(11)10(17)18)5-8(15)3(13)2-4(14)9(5)16/h2,6-7,12-16H,11H2,1H3,(H,17,18). The lowest BCUT2D eigenvalue weighted by Crippen LogP contribution is -2.42.